The van der Waals surface area contributed by atoms with Gasteiger partial charge >= 0.3 is 11.7 Å². The van der Waals surface area contributed by atoms with Crippen molar-refractivity contribution in [2.24, 2.45) is 0 Å². The summed E-state index contributed by atoms with van der Waals surface area (Å²) in [5.41, 5.74) is 2.06. The molecule has 0 saturated carbocycles. The Morgan fingerprint density at radius 2 is 1.88 bits per heavy atom. The Morgan fingerprint density at radius 1 is 1.15 bits per heavy atom. The number of ether oxygens (including phenoxy) is 1. The van der Waals surface area contributed by atoms with E-state index in [1.165, 1.54) is 6.07 Å². The van der Waals surface area contributed by atoms with Crippen LogP contribution in [0.5, 0.6) is 0 Å². The molecule has 1 aliphatic rings. The first-order valence-electron chi connectivity index (χ1n) is 8.91. The van der Waals surface area contributed by atoms with Crippen molar-refractivity contribution in [1.29, 1.82) is 0 Å². The summed E-state index contributed by atoms with van der Waals surface area (Å²) in [5.74, 6) is 0. The van der Waals surface area contributed by atoms with Crippen LogP contribution in [0.4, 0.5) is 4.79 Å². The van der Waals surface area contributed by atoms with Crippen molar-refractivity contribution in [2.75, 3.05) is 32.8 Å². The van der Waals surface area contributed by atoms with Gasteiger partial charge in [0, 0.05) is 49.2 Å². The number of hydrogen-bond acceptors (Lipinski definition) is 5. The minimum atomic E-state index is -0.359. The van der Waals surface area contributed by atoms with Crippen LogP contribution >= 0.6 is 11.6 Å². The van der Waals surface area contributed by atoms with Crippen LogP contribution in [0.1, 0.15) is 25.0 Å². The van der Waals surface area contributed by atoms with Crippen molar-refractivity contribution in [3.05, 3.63) is 44.8 Å². The Labute approximate surface area is 157 Å². The Kier molecular flexibility index (Phi) is 5.84. The largest absolute Gasteiger partial charge is 0.450 e. The Hall–Kier alpha value is -2.05. The lowest BCUT2D eigenvalue weighted by molar-refractivity contribution is 0.0779. The molecule has 0 unspecified atom stereocenters. The van der Waals surface area contributed by atoms with Gasteiger partial charge in [-0.2, -0.15) is 0 Å². The molecule has 140 valence electrons. The van der Waals surface area contributed by atoms with Gasteiger partial charge in [-0.3, -0.25) is 4.90 Å². The smallest absolute Gasteiger partial charge is 0.409 e. The number of piperazine rings is 1. The van der Waals surface area contributed by atoms with E-state index in [0.29, 0.717) is 36.8 Å². The number of nitrogens with zero attached hydrogens (tertiary/aromatic N) is 2. The summed E-state index contributed by atoms with van der Waals surface area (Å²) in [6.45, 7) is 7.47. The number of aryl methyl sites for hydroxylation is 1. The summed E-state index contributed by atoms with van der Waals surface area (Å²) in [6.07, 6.45) is 0.509. The summed E-state index contributed by atoms with van der Waals surface area (Å²) in [6, 6.07) is 5.26. The average molecular weight is 379 g/mol. The molecule has 1 aromatic heterocycles. The van der Waals surface area contributed by atoms with Gasteiger partial charge in [0.1, 0.15) is 5.58 Å². The van der Waals surface area contributed by atoms with Gasteiger partial charge in [0.15, 0.2) is 0 Å². The summed E-state index contributed by atoms with van der Waals surface area (Å²) in [7, 11) is 0. The number of halogens is 1. The monoisotopic (exact) mass is 378 g/mol. The number of hydrogen-bond donors (Lipinski definition) is 0. The maximum absolute atomic E-state index is 12.0. The van der Waals surface area contributed by atoms with Crippen molar-refractivity contribution in [3.63, 3.8) is 0 Å². The summed E-state index contributed by atoms with van der Waals surface area (Å²) in [5, 5.41) is 1.54. The van der Waals surface area contributed by atoms with Gasteiger partial charge in [0.2, 0.25) is 0 Å². The molecule has 1 amide bonds. The second-order valence-electron chi connectivity index (χ2n) is 6.35. The lowest BCUT2D eigenvalue weighted by Gasteiger charge is -2.34. The molecule has 2 aromatic rings. The van der Waals surface area contributed by atoms with E-state index in [1.54, 1.807) is 11.8 Å². The zero-order valence-corrected chi connectivity index (χ0v) is 15.8. The van der Waals surface area contributed by atoms with Crippen molar-refractivity contribution in [1.82, 2.24) is 9.80 Å². The Morgan fingerprint density at radius 3 is 2.54 bits per heavy atom. The van der Waals surface area contributed by atoms with Crippen LogP contribution in [0, 0.1) is 0 Å². The van der Waals surface area contributed by atoms with E-state index in [4.69, 9.17) is 20.8 Å². The first-order valence-corrected chi connectivity index (χ1v) is 9.28. The highest BCUT2D eigenvalue weighted by Gasteiger charge is 2.22. The highest BCUT2D eigenvalue weighted by Crippen LogP contribution is 2.27. The highest BCUT2D eigenvalue weighted by atomic mass is 35.5. The van der Waals surface area contributed by atoms with Gasteiger partial charge in [-0.1, -0.05) is 18.5 Å². The lowest BCUT2D eigenvalue weighted by atomic mass is 10.1. The number of carbonyl (C=O) groups excluding carboxylic acids is 1. The molecular formula is C19H23ClN2O4. The molecule has 6 nitrogen and oxygen atoms in total. The molecule has 1 aromatic carbocycles. The highest BCUT2D eigenvalue weighted by molar-refractivity contribution is 6.32. The Bertz CT molecular complexity index is 856. The molecule has 0 spiro atoms. The molecule has 0 bridgehead atoms. The van der Waals surface area contributed by atoms with Crippen LogP contribution in [0.25, 0.3) is 11.0 Å². The van der Waals surface area contributed by atoms with Gasteiger partial charge in [-0.05, 0) is 36.6 Å². The molecule has 0 atom stereocenters. The normalized spacial score (nSPS) is 15.4. The maximum Gasteiger partial charge on any atom is 0.409 e. The fourth-order valence-corrected chi connectivity index (χ4v) is 3.53. The van der Waals surface area contributed by atoms with E-state index in [-0.39, 0.29) is 11.7 Å². The fraction of sp³-hybridized carbons (Fsp3) is 0.474. The molecule has 0 radical (unpaired) electrons. The van der Waals surface area contributed by atoms with E-state index in [9.17, 15) is 9.59 Å². The van der Waals surface area contributed by atoms with Gasteiger partial charge in [0.25, 0.3) is 0 Å². The first-order chi connectivity index (χ1) is 12.5. The van der Waals surface area contributed by atoms with Crippen LogP contribution in [-0.4, -0.2) is 48.7 Å². The Balaban J connectivity index is 1.78. The van der Waals surface area contributed by atoms with Crippen LogP contribution in [0.2, 0.25) is 5.02 Å². The van der Waals surface area contributed by atoms with Crippen molar-refractivity contribution < 1.29 is 13.9 Å². The van der Waals surface area contributed by atoms with E-state index >= 15 is 0 Å². The van der Waals surface area contributed by atoms with Crippen molar-refractivity contribution in [3.8, 4) is 0 Å². The minimum Gasteiger partial charge on any atom is -0.450 e. The van der Waals surface area contributed by atoms with E-state index < -0.39 is 0 Å². The molecular weight excluding hydrogens is 356 g/mol. The second-order valence-corrected chi connectivity index (χ2v) is 6.75. The minimum absolute atomic E-state index is 0.267. The SMILES string of the molecule is CCOC(=O)N1CCN(Cc2cc(=O)oc3cc(CC)c(Cl)cc23)CC1. The van der Waals surface area contributed by atoms with E-state index in [1.807, 2.05) is 19.1 Å². The van der Waals surface area contributed by atoms with Crippen LogP contribution in [-0.2, 0) is 17.7 Å². The van der Waals surface area contributed by atoms with Gasteiger partial charge < -0.3 is 14.1 Å². The molecule has 3 rings (SSSR count). The predicted molar refractivity (Wildman–Crippen MR) is 101 cm³/mol. The second kappa shape index (κ2) is 8.10. The number of benzene rings is 1. The standard InChI is InChI=1S/C19H23ClN2O4/c1-3-13-9-17-15(11-16(13)20)14(10-18(23)26-17)12-21-5-7-22(8-6-21)19(24)25-4-2/h9-11H,3-8,12H2,1-2H3. The third-order valence-electron chi connectivity index (χ3n) is 4.67. The molecule has 2 heterocycles. The third kappa shape index (κ3) is 4.02. The van der Waals surface area contributed by atoms with Gasteiger partial charge in [0.05, 0.1) is 6.61 Å². The molecule has 7 heteroatoms. The predicted octanol–water partition coefficient (Wildman–Crippen LogP) is 3.28. The zero-order valence-electron chi connectivity index (χ0n) is 15.1. The number of carbonyl (C=O) groups is 1. The van der Waals surface area contributed by atoms with Crippen molar-refractivity contribution >= 4 is 28.7 Å². The fourth-order valence-electron chi connectivity index (χ4n) is 3.23. The lowest BCUT2D eigenvalue weighted by Crippen LogP contribution is -2.48. The van der Waals surface area contributed by atoms with Crippen LogP contribution in [0.3, 0.4) is 0 Å². The van der Waals surface area contributed by atoms with Crippen LogP contribution in [0.15, 0.2) is 27.4 Å². The molecule has 1 saturated heterocycles. The molecule has 0 aliphatic carbocycles. The van der Waals surface area contributed by atoms with E-state index in [0.717, 1.165) is 36.0 Å². The summed E-state index contributed by atoms with van der Waals surface area (Å²) in [4.78, 5) is 27.7. The topological polar surface area (TPSA) is 63.0 Å². The molecule has 1 aliphatic heterocycles. The van der Waals surface area contributed by atoms with Gasteiger partial charge in [-0.25, -0.2) is 9.59 Å². The molecule has 1 fully saturated rings. The number of rotatable bonds is 4. The zero-order chi connectivity index (χ0) is 18.7. The quantitative estimate of drug-likeness (QED) is 0.764. The van der Waals surface area contributed by atoms with Crippen molar-refractivity contribution in [2.45, 2.75) is 26.8 Å². The first kappa shape index (κ1) is 18.7. The number of fused-ring (bicyclic) bond motifs is 1. The molecule has 0 N–H and O–H groups in total. The molecule has 26 heavy (non-hydrogen) atoms. The summed E-state index contributed by atoms with van der Waals surface area (Å²) >= 11 is 6.35. The van der Waals surface area contributed by atoms with Crippen LogP contribution < -0.4 is 5.63 Å². The average Bonchev–Trinajstić information content (AvgIpc) is 2.62. The maximum atomic E-state index is 12.0. The summed E-state index contributed by atoms with van der Waals surface area (Å²) < 4.78 is 10.4. The van der Waals surface area contributed by atoms with E-state index in [2.05, 4.69) is 4.90 Å². The van der Waals surface area contributed by atoms with Gasteiger partial charge in [-0.15, -0.1) is 0 Å². The third-order valence-corrected chi connectivity index (χ3v) is 5.02. The number of amides is 1.